The van der Waals surface area contributed by atoms with Gasteiger partial charge in [0.15, 0.2) is 0 Å². The number of likely N-dealkylation sites (tertiary alicyclic amines) is 1. The molecule has 2 N–H and O–H groups in total. The molecule has 1 aliphatic heterocycles. The maximum Gasteiger partial charge on any atom is 0.119 e. The zero-order chi connectivity index (χ0) is 14.5. The molecule has 0 spiro atoms. The Kier molecular flexibility index (Phi) is 5.38. The van der Waals surface area contributed by atoms with E-state index in [2.05, 4.69) is 24.0 Å². The van der Waals surface area contributed by atoms with E-state index in [-0.39, 0.29) is 6.04 Å². The van der Waals surface area contributed by atoms with Crippen molar-refractivity contribution in [3.05, 3.63) is 29.8 Å². The fourth-order valence-corrected chi connectivity index (χ4v) is 3.04. The van der Waals surface area contributed by atoms with Gasteiger partial charge in [0.05, 0.1) is 17.6 Å². The van der Waals surface area contributed by atoms with Gasteiger partial charge in [0, 0.05) is 0 Å². The van der Waals surface area contributed by atoms with Crippen LogP contribution in [0.2, 0.25) is 0 Å². The molecule has 1 aromatic carbocycles. The maximum absolute atomic E-state index is 5.99. The molecule has 1 atom stereocenters. The van der Waals surface area contributed by atoms with Crippen LogP contribution in [0.5, 0.6) is 5.75 Å². The molecule has 1 fully saturated rings. The van der Waals surface area contributed by atoms with Gasteiger partial charge in [-0.15, -0.1) is 0 Å². The first-order valence-corrected chi connectivity index (χ1v) is 7.78. The van der Waals surface area contributed by atoms with E-state index in [9.17, 15) is 0 Å². The highest BCUT2D eigenvalue weighted by Gasteiger charge is 2.26. The Morgan fingerprint density at radius 2 is 1.95 bits per heavy atom. The molecule has 3 nitrogen and oxygen atoms in total. The lowest BCUT2D eigenvalue weighted by molar-refractivity contribution is 0.171. The third kappa shape index (κ3) is 3.70. The van der Waals surface area contributed by atoms with E-state index in [0.29, 0.717) is 11.6 Å². The SMILES string of the molecule is CCOc1ccc(C(C(N)=S)N2CCC(C)CC2)cc1. The molecule has 1 heterocycles. The highest BCUT2D eigenvalue weighted by molar-refractivity contribution is 7.80. The van der Waals surface area contributed by atoms with Crippen molar-refractivity contribution < 1.29 is 4.74 Å². The molecule has 1 unspecified atom stereocenters. The van der Waals surface area contributed by atoms with Gasteiger partial charge < -0.3 is 10.5 Å². The van der Waals surface area contributed by atoms with Gasteiger partial charge in [-0.2, -0.15) is 0 Å². The predicted octanol–water partition coefficient (Wildman–Crippen LogP) is 3.14. The molecular weight excluding hydrogens is 268 g/mol. The summed E-state index contributed by atoms with van der Waals surface area (Å²) in [5.41, 5.74) is 7.15. The summed E-state index contributed by atoms with van der Waals surface area (Å²) in [6.45, 7) is 7.11. The Bertz CT molecular complexity index is 438. The second-order valence-corrected chi connectivity index (χ2v) is 6.00. The number of nitrogens with two attached hydrogens (primary N) is 1. The van der Waals surface area contributed by atoms with Crippen LogP contribution in [0.3, 0.4) is 0 Å². The van der Waals surface area contributed by atoms with E-state index in [1.54, 1.807) is 0 Å². The quantitative estimate of drug-likeness (QED) is 0.846. The molecule has 4 heteroatoms. The van der Waals surface area contributed by atoms with Crippen LogP contribution in [0.1, 0.15) is 38.3 Å². The summed E-state index contributed by atoms with van der Waals surface area (Å²) in [5, 5.41) is 0. The minimum atomic E-state index is 0.0492. The standard InChI is InChI=1S/C16H24N2OS/c1-3-19-14-6-4-13(5-7-14)15(16(17)20)18-10-8-12(2)9-11-18/h4-7,12,15H,3,8-11H2,1-2H3,(H2,17,20). The van der Waals surface area contributed by atoms with Crippen LogP contribution in [0.25, 0.3) is 0 Å². The molecule has 2 rings (SSSR count). The molecule has 110 valence electrons. The third-order valence-corrected chi connectivity index (χ3v) is 4.18. The molecule has 0 saturated carbocycles. The zero-order valence-electron chi connectivity index (χ0n) is 12.3. The Morgan fingerprint density at radius 1 is 1.35 bits per heavy atom. The van der Waals surface area contributed by atoms with Crippen molar-refractivity contribution >= 4 is 17.2 Å². The number of thiocarbonyl (C=S) groups is 1. The first-order chi connectivity index (χ1) is 9.61. The van der Waals surface area contributed by atoms with Gasteiger partial charge in [-0.3, -0.25) is 4.90 Å². The van der Waals surface area contributed by atoms with Gasteiger partial charge in [0.25, 0.3) is 0 Å². The second kappa shape index (κ2) is 7.04. The minimum Gasteiger partial charge on any atom is -0.494 e. The topological polar surface area (TPSA) is 38.5 Å². The number of piperidine rings is 1. The summed E-state index contributed by atoms with van der Waals surface area (Å²) in [6, 6.07) is 8.20. The van der Waals surface area contributed by atoms with E-state index >= 15 is 0 Å². The van der Waals surface area contributed by atoms with Gasteiger partial charge >= 0.3 is 0 Å². The van der Waals surface area contributed by atoms with Crippen molar-refractivity contribution in [3.8, 4) is 5.75 Å². The smallest absolute Gasteiger partial charge is 0.119 e. The summed E-state index contributed by atoms with van der Waals surface area (Å²) in [5.74, 6) is 1.70. The first kappa shape index (κ1) is 15.3. The van der Waals surface area contributed by atoms with Gasteiger partial charge in [-0.1, -0.05) is 31.3 Å². The van der Waals surface area contributed by atoms with E-state index in [0.717, 1.165) is 30.3 Å². The van der Waals surface area contributed by atoms with Crippen LogP contribution >= 0.6 is 12.2 Å². The lowest BCUT2D eigenvalue weighted by Crippen LogP contribution is -2.41. The summed E-state index contributed by atoms with van der Waals surface area (Å²) < 4.78 is 5.48. The lowest BCUT2D eigenvalue weighted by atomic mass is 9.95. The van der Waals surface area contributed by atoms with E-state index in [1.807, 2.05) is 19.1 Å². The fourth-order valence-electron chi connectivity index (χ4n) is 2.75. The Morgan fingerprint density at radius 3 is 2.45 bits per heavy atom. The van der Waals surface area contributed by atoms with E-state index in [1.165, 1.54) is 12.8 Å². The van der Waals surface area contributed by atoms with Crippen molar-refractivity contribution in [1.82, 2.24) is 4.90 Å². The number of rotatable bonds is 5. The van der Waals surface area contributed by atoms with Crippen LogP contribution in [0.15, 0.2) is 24.3 Å². The molecule has 1 saturated heterocycles. The Labute approximate surface area is 127 Å². The van der Waals surface area contributed by atoms with Crippen LogP contribution in [0.4, 0.5) is 0 Å². The lowest BCUT2D eigenvalue weighted by Gasteiger charge is -2.36. The van der Waals surface area contributed by atoms with E-state index in [4.69, 9.17) is 22.7 Å². The highest BCUT2D eigenvalue weighted by Crippen LogP contribution is 2.28. The molecule has 0 aliphatic carbocycles. The first-order valence-electron chi connectivity index (χ1n) is 7.38. The average Bonchev–Trinajstić information content (AvgIpc) is 2.43. The summed E-state index contributed by atoms with van der Waals surface area (Å²) in [6.07, 6.45) is 2.44. The third-order valence-electron chi connectivity index (χ3n) is 3.96. The molecule has 0 radical (unpaired) electrons. The molecular formula is C16H24N2OS. The normalized spacial score (nSPS) is 18.7. The van der Waals surface area contributed by atoms with Crippen molar-refractivity contribution in [2.45, 2.75) is 32.7 Å². The predicted molar refractivity (Wildman–Crippen MR) is 87.1 cm³/mol. The highest BCUT2D eigenvalue weighted by atomic mass is 32.1. The fraction of sp³-hybridized carbons (Fsp3) is 0.562. The molecule has 1 aromatic rings. The van der Waals surface area contributed by atoms with Gasteiger partial charge in [0.2, 0.25) is 0 Å². The second-order valence-electron chi connectivity index (χ2n) is 5.53. The van der Waals surface area contributed by atoms with Crippen LogP contribution in [-0.4, -0.2) is 29.6 Å². The molecule has 0 aromatic heterocycles. The van der Waals surface area contributed by atoms with Gasteiger partial charge in [0.1, 0.15) is 5.75 Å². The number of ether oxygens (including phenoxy) is 1. The number of hydrogen-bond acceptors (Lipinski definition) is 3. The Balaban J connectivity index is 2.13. The summed E-state index contributed by atoms with van der Waals surface area (Å²) in [7, 11) is 0. The van der Waals surface area contributed by atoms with E-state index < -0.39 is 0 Å². The summed E-state index contributed by atoms with van der Waals surface area (Å²) in [4.78, 5) is 2.96. The zero-order valence-corrected chi connectivity index (χ0v) is 13.2. The van der Waals surface area contributed by atoms with Crippen LogP contribution < -0.4 is 10.5 Å². The number of hydrogen-bond donors (Lipinski definition) is 1. The molecule has 20 heavy (non-hydrogen) atoms. The largest absolute Gasteiger partial charge is 0.494 e. The van der Waals surface area contributed by atoms with Gasteiger partial charge in [-0.25, -0.2) is 0 Å². The molecule has 1 aliphatic rings. The summed E-state index contributed by atoms with van der Waals surface area (Å²) >= 11 is 5.30. The minimum absolute atomic E-state index is 0.0492. The van der Waals surface area contributed by atoms with Crippen molar-refractivity contribution in [2.24, 2.45) is 11.7 Å². The number of nitrogens with zero attached hydrogens (tertiary/aromatic N) is 1. The van der Waals surface area contributed by atoms with Crippen molar-refractivity contribution in [3.63, 3.8) is 0 Å². The van der Waals surface area contributed by atoms with Crippen molar-refractivity contribution in [2.75, 3.05) is 19.7 Å². The monoisotopic (exact) mass is 292 g/mol. The van der Waals surface area contributed by atoms with Crippen LogP contribution in [0, 0.1) is 5.92 Å². The molecule has 0 bridgehead atoms. The van der Waals surface area contributed by atoms with Crippen molar-refractivity contribution in [1.29, 1.82) is 0 Å². The van der Waals surface area contributed by atoms with Gasteiger partial charge in [-0.05, 0) is 56.5 Å². The molecule has 0 amide bonds. The average molecular weight is 292 g/mol. The number of benzene rings is 1. The maximum atomic E-state index is 5.99. The Hall–Kier alpha value is -1.13. The van der Waals surface area contributed by atoms with Crippen LogP contribution in [-0.2, 0) is 0 Å².